The molecule has 0 spiro atoms. The van der Waals surface area contributed by atoms with Gasteiger partial charge >= 0.3 is 0 Å². The fraction of sp³-hybridized carbons (Fsp3) is 0.765. The van der Waals surface area contributed by atoms with E-state index < -0.39 is 0 Å². The second-order valence-electron chi connectivity index (χ2n) is 6.64. The largest absolute Gasteiger partial charge is 0.310 e. The van der Waals surface area contributed by atoms with Crippen molar-refractivity contribution in [2.24, 2.45) is 17.8 Å². The van der Waals surface area contributed by atoms with Crippen molar-refractivity contribution >= 4 is 11.3 Å². The lowest BCUT2D eigenvalue weighted by Crippen LogP contribution is -2.32. The van der Waals surface area contributed by atoms with Crippen molar-refractivity contribution in [3.05, 3.63) is 21.4 Å². The lowest BCUT2D eigenvalue weighted by Gasteiger charge is -2.31. The molecule has 3 rings (SSSR count). The SMILES string of the molecule is CCCNC(c1cc(C)sc1C)C1CC2CCC1C2. The second-order valence-corrected chi connectivity index (χ2v) is 8.10. The quantitative estimate of drug-likeness (QED) is 0.812. The fourth-order valence-electron chi connectivity index (χ4n) is 4.45. The first-order valence-electron chi connectivity index (χ1n) is 7.99. The van der Waals surface area contributed by atoms with Crippen LogP contribution in [-0.2, 0) is 0 Å². The third-order valence-corrected chi connectivity index (χ3v) is 6.23. The summed E-state index contributed by atoms with van der Waals surface area (Å²) in [6.07, 6.45) is 7.21. The molecule has 2 aliphatic rings. The number of nitrogens with one attached hydrogen (secondary N) is 1. The highest BCUT2D eigenvalue weighted by Gasteiger charge is 2.43. The maximum Gasteiger partial charge on any atom is 0.0362 e. The molecule has 2 bridgehead atoms. The van der Waals surface area contributed by atoms with Crippen molar-refractivity contribution in [3.63, 3.8) is 0 Å². The number of thiophene rings is 1. The molecule has 0 amide bonds. The molecule has 2 fully saturated rings. The Morgan fingerprint density at radius 3 is 2.68 bits per heavy atom. The van der Waals surface area contributed by atoms with Gasteiger partial charge in [0.05, 0.1) is 0 Å². The zero-order chi connectivity index (χ0) is 13.4. The topological polar surface area (TPSA) is 12.0 Å². The van der Waals surface area contributed by atoms with Gasteiger partial charge in [0.25, 0.3) is 0 Å². The Balaban J connectivity index is 1.83. The highest BCUT2D eigenvalue weighted by molar-refractivity contribution is 7.12. The van der Waals surface area contributed by atoms with Crippen molar-refractivity contribution < 1.29 is 0 Å². The van der Waals surface area contributed by atoms with Gasteiger partial charge in [-0.15, -0.1) is 11.3 Å². The molecular weight excluding hydrogens is 250 g/mol. The van der Waals surface area contributed by atoms with Gasteiger partial charge in [0.2, 0.25) is 0 Å². The van der Waals surface area contributed by atoms with Gasteiger partial charge in [-0.1, -0.05) is 13.3 Å². The van der Waals surface area contributed by atoms with Crippen LogP contribution in [0.2, 0.25) is 0 Å². The van der Waals surface area contributed by atoms with E-state index in [4.69, 9.17) is 0 Å². The molecule has 0 aromatic carbocycles. The van der Waals surface area contributed by atoms with Gasteiger partial charge in [-0.05, 0) is 75.5 Å². The zero-order valence-electron chi connectivity index (χ0n) is 12.5. The first kappa shape index (κ1) is 13.6. The monoisotopic (exact) mass is 277 g/mol. The second kappa shape index (κ2) is 5.57. The van der Waals surface area contributed by atoms with Gasteiger partial charge in [-0.2, -0.15) is 0 Å². The van der Waals surface area contributed by atoms with Crippen molar-refractivity contribution in [1.82, 2.24) is 5.32 Å². The van der Waals surface area contributed by atoms with Crippen LogP contribution in [0.1, 0.15) is 60.4 Å². The molecule has 0 saturated heterocycles. The van der Waals surface area contributed by atoms with Crippen LogP contribution in [0.15, 0.2) is 6.07 Å². The molecule has 1 aromatic heterocycles. The van der Waals surface area contributed by atoms with E-state index in [1.54, 1.807) is 5.56 Å². The fourth-order valence-corrected chi connectivity index (χ4v) is 5.43. The standard InChI is InChI=1S/C17H27NS/c1-4-7-18-17(15-8-11(2)19-12(15)3)16-10-13-5-6-14(16)9-13/h8,13-14,16-18H,4-7,9-10H2,1-3H3. The van der Waals surface area contributed by atoms with Crippen LogP contribution in [0.5, 0.6) is 0 Å². The Hall–Kier alpha value is -0.340. The molecule has 1 heterocycles. The molecule has 4 atom stereocenters. The molecule has 1 N–H and O–H groups in total. The van der Waals surface area contributed by atoms with Crippen molar-refractivity contribution in [2.75, 3.05) is 6.54 Å². The first-order valence-corrected chi connectivity index (χ1v) is 8.81. The number of rotatable bonds is 5. The van der Waals surface area contributed by atoms with E-state index in [1.165, 1.54) is 41.9 Å². The van der Waals surface area contributed by atoms with Gasteiger partial charge in [0, 0.05) is 15.8 Å². The van der Waals surface area contributed by atoms with Crippen molar-refractivity contribution in [1.29, 1.82) is 0 Å². The summed E-state index contributed by atoms with van der Waals surface area (Å²) in [6.45, 7) is 7.99. The van der Waals surface area contributed by atoms with E-state index in [2.05, 4.69) is 32.2 Å². The summed E-state index contributed by atoms with van der Waals surface area (Å²) in [5.74, 6) is 2.94. The molecule has 1 nitrogen and oxygen atoms in total. The van der Waals surface area contributed by atoms with Gasteiger partial charge in [0.15, 0.2) is 0 Å². The smallest absolute Gasteiger partial charge is 0.0362 e. The summed E-state index contributed by atoms with van der Waals surface area (Å²) in [6, 6.07) is 3.07. The van der Waals surface area contributed by atoms with E-state index in [0.29, 0.717) is 6.04 Å². The summed E-state index contributed by atoms with van der Waals surface area (Å²) in [5.41, 5.74) is 1.61. The summed E-state index contributed by atoms with van der Waals surface area (Å²) in [7, 11) is 0. The third-order valence-electron chi connectivity index (χ3n) is 5.25. The number of hydrogen-bond donors (Lipinski definition) is 1. The summed E-state index contributed by atoms with van der Waals surface area (Å²) >= 11 is 1.97. The van der Waals surface area contributed by atoms with Crippen LogP contribution in [0.3, 0.4) is 0 Å². The van der Waals surface area contributed by atoms with E-state index in [-0.39, 0.29) is 0 Å². The van der Waals surface area contributed by atoms with Gasteiger partial charge in [-0.3, -0.25) is 0 Å². The van der Waals surface area contributed by atoms with Gasteiger partial charge < -0.3 is 5.32 Å². The van der Waals surface area contributed by atoms with Crippen LogP contribution in [0.4, 0.5) is 0 Å². The highest BCUT2D eigenvalue weighted by Crippen LogP contribution is 2.53. The number of fused-ring (bicyclic) bond motifs is 2. The van der Waals surface area contributed by atoms with E-state index in [9.17, 15) is 0 Å². The Morgan fingerprint density at radius 2 is 2.16 bits per heavy atom. The molecule has 2 aliphatic carbocycles. The van der Waals surface area contributed by atoms with E-state index in [0.717, 1.165) is 24.3 Å². The van der Waals surface area contributed by atoms with Crippen molar-refractivity contribution in [2.45, 2.75) is 58.9 Å². The maximum absolute atomic E-state index is 3.87. The highest BCUT2D eigenvalue weighted by atomic mass is 32.1. The predicted octanol–water partition coefficient (Wildman–Crippen LogP) is 4.84. The Labute approximate surface area is 121 Å². The average Bonchev–Trinajstić information content (AvgIpc) is 3.06. The zero-order valence-corrected chi connectivity index (χ0v) is 13.4. The van der Waals surface area contributed by atoms with Crippen LogP contribution in [-0.4, -0.2) is 6.54 Å². The molecule has 0 aliphatic heterocycles. The van der Waals surface area contributed by atoms with Crippen molar-refractivity contribution in [3.8, 4) is 0 Å². The normalized spacial score (nSPS) is 31.0. The Bertz CT molecular complexity index is 436. The molecule has 2 heteroatoms. The molecule has 19 heavy (non-hydrogen) atoms. The van der Waals surface area contributed by atoms with Gasteiger partial charge in [0.1, 0.15) is 0 Å². The minimum Gasteiger partial charge on any atom is -0.310 e. The van der Waals surface area contributed by atoms with Gasteiger partial charge in [-0.25, -0.2) is 0 Å². The summed E-state index contributed by atoms with van der Waals surface area (Å²) in [5, 5.41) is 3.87. The van der Waals surface area contributed by atoms with Crippen LogP contribution < -0.4 is 5.32 Å². The lowest BCUT2D eigenvalue weighted by molar-refractivity contribution is 0.250. The summed E-state index contributed by atoms with van der Waals surface area (Å²) < 4.78 is 0. The summed E-state index contributed by atoms with van der Waals surface area (Å²) in [4.78, 5) is 3.01. The van der Waals surface area contributed by atoms with Crippen LogP contribution >= 0.6 is 11.3 Å². The first-order chi connectivity index (χ1) is 9.19. The maximum atomic E-state index is 3.87. The average molecular weight is 277 g/mol. The third kappa shape index (κ3) is 2.62. The van der Waals surface area contributed by atoms with Crippen LogP contribution in [0.25, 0.3) is 0 Å². The number of hydrogen-bond acceptors (Lipinski definition) is 2. The lowest BCUT2D eigenvalue weighted by atomic mass is 9.80. The van der Waals surface area contributed by atoms with E-state index >= 15 is 0 Å². The molecule has 2 saturated carbocycles. The minimum atomic E-state index is 0.625. The van der Waals surface area contributed by atoms with Crippen LogP contribution in [0, 0.1) is 31.6 Å². The molecule has 0 radical (unpaired) electrons. The van der Waals surface area contributed by atoms with E-state index in [1.807, 2.05) is 11.3 Å². The molecular formula is C17H27NS. The Kier molecular flexibility index (Phi) is 4.00. The Morgan fingerprint density at radius 1 is 1.32 bits per heavy atom. The predicted molar refractivity (Wildman–Crippen MR) is 83.8 cm³/mol. The molecule has 106 valence electrons. The molecule has 1 aromatic rings. The number of aryl methyl sites for hydroxylation is 2. The molecule has 4 unspecified atom stereocenters. The minimum absolute atomic E-state index is 0.625.